The van der Waals surface area contributed by atoms with Gasteiger partial charge in [-0.05, 0) is 85.6 Å². The maximum absolute atomic E-state index is 13.6. The number of halogens is 4. The van der Waals surface area contributed by atoms with Gasteiger partial charge >= 0.3 is 6.18 Å². The molecule has 1 amide bonds. The lowest BCUT2D eigenvalue weighted by Crippen LogP contribution is -2.38. The number of benzene rings is 4. The van der Waals surface area contributed by atoms with Crippen LogP contribution in [0.15, 0.2) is 101 Å². The van der Waals surface area contributed by atoms with Crippen LogP contribution in [0.25, 0.3) is 0 Å². The van der Waals surface area contributed by atoms with Gasteiger partial charge in [-0.25, -0.2) is 16.8 Å². The molecule has 0 spiro atoms. The fraction of sp³-hybridized carbons (Fsp3) is 0.138. The van der Waals surface area contributed by atoms with Crippen molar-refractivity contribution >= 4 is 54.6 Å². The second-order valence-electron chi connectivity index (χ2n) is 9.41. The molecule has 0 radical (unpaired) electrons. The summed E-state index contributed by atoms with van der Waals surface area (Å²) in [5.41, 5.74) is 0.428. The maximum Gasteiger partial charge on any atom is 0.417 e. The second-order valence-corrected chi connectivity index (χ2v) is 13.4. The first kappa shape index (κ1) is 31.9. The largest absolute Gasteiger partial charge is 0.417 e. The zero-order valence-electron chi connectivity index (χ0n) is 22.7. The lowest BCUT2D eigenvalue weighted by Gasteiger charge is -2.26. The van der Waals surface area contributed by atoms with E-state index in [2.05, 4.69) is 10.0 Å². The van der Waals surface area contributed by atoms with E-state index in [0.717, 1.165) is 34.1 Å². The van der Waals surface area contributed by atoms with Gasteiger partial charge in [0.2, 0.25) is 5.91 Å². The molecular weight excluding hydrogens is 627 g/mol. The summed E-state index contributed by atoms with van der Waals surface area (Å²) < 4.78 is 95.3. The van der Waals surface area contributed by atoms with E-state index in [1.807, 2.05) is 13.0 Å². The number of aryl methyl sites for hydroxylation is 1. The molecule has 4 aromatic rings. The Labute approximate surface area is 252 Å². The SMILES string of the molecule is Cc1cccc(N(CC(=O)Nc2ccc(S(=O)(=O)Nc3ccc(Cl)c(C(F)(F)F)c3)cc2)S(=O)(=O)c2ccccc2)c1C. The number of carbonyl (C=O) groups is 1. The monoisotopic (exact) mass is 651 g/mol. The van der Waals surface area contributed by atoms with Gasteiger partial charge in [0.1, 0.15) is 6.54 Å². The van der Waals surface area contributed by atoms with E-state index in [0.29, 0.717) is 17.3 Å². The number of anilines is 3. The molecule has 2 N–H and O–H groups in total. The first-order valence-electron chi connectivity index (χ1n) is 12.5. The Morgan fingerprint density at radius 2 is 1.44 bits per heavy atom. The van der Waals surface area contributed by atoms with Gasteiger partial charge in [-0.1, -0.05) is 41.9 Å². The molecule has 0 bridgehead atoms. The molecule has 4 rings (SSSR count). The van der Waals surface area contributed by atoms with E-state index in [4.69, 9.17) is 11.6 Å². The molecule has 226 valence electrons. The predicted molar refractivity (Wildman–Crippen MR) is 159 cm³/mol. The fourth-order valence-corrected chi connectivity index (χ4v) is 6.87. The van der Waals surface area contributed by atoms with E-state index in [9.17, 15) is 34.8 Å². The summed E-state index contributed by atoms with van der Waals surface area (Å²) in [5, 5.41) is 1.98. The van der Waals surface area contributed by atoms with Gasteiger partial charge in [0.05, 0.1) is 26.1 Å². The van der Waals surface area contributed by atoms with Gasteiger partial charge in [-0.2, -0.15) is 13.2 Å². The van der Waals surface area contributed by atoms with Crippen molar-refractivity contribution in [3.63, 3.8) is 0 Å². The van der Waals surface area contributed by atoms with Gasteiger partial charge in [-0.15, -0.1) is 0 Å². The molecule has 8 nitrogen and oxygen atoms in total. The standard InChI is InChI=1S/C29H25ClF3N3O5S2/c1-19-7-6-10-27(20(19)2)36(43(40,41)24-8-4-3-5-9-24)18-28(37)34-21-11-14-23(15-12-21)42(38,39)35-22-13-16-26(30)25(17-22)29(31,32)33/h3-17,35H,18H2,1-2H3,(H,34,37). The third kappa shape index (κ3) is 7.29. The van der Waals surface area contributed by atoms with E-state index in [1.165, 1.54) is 24.3 Å². The molecule has 0 saturated heterocycles. The third-order valence-electron chi connectivity index (χ3n) is 6.44. The summed E-state index contributed by atoms with van der Waals surface area (Å²) in [5.74, 6) is -0.699. The molecule has 0 aliphatic carbocycles. The number of alkyl halides is 3. The van der Waals surface area contributed by atoms with E-state index in [-0.39, 0.29) is 21.2 Å². The summed E-state index contributed by atoms with van der Waals surface area (Å²) in [6.45, 7) is 2.98. The normalized spacial score (nSPS) is 12.0. The average Bonchev–Trinajstić information content (AvgIpc) is 2.94. The summed E-state index contributed by atoms with van der Waals surface area (Å²) in [6.07, 6.45) is -4.79. The molecular formula is C29H25ClF3N3O5S2. The summed E-state index contributed by atoms with van der Waals surface area (Å²) in [7, 11) is -8.45. The van der Waals surface area contributed by atoms with Crippen LogP contribution in [0.1, 0.15) is 16.7 Å². The molecule has 0 atom stereocenters. The Hall–Kier alpha value is -4.07. The van der Waals surface area contributed by atoms with Crippen LogP contribution in [-0.2, 0) is 31.0 Å². The van der Waals surface area contributed by atoms with Gasteiger partial charge in [0.25, 0.3) is 20.0 Å². The van der Waals surface area contributed by atoms with E-state index < -0.39 is 49.3 Å². The molecule has 0 fully saturated rings. The van der Waals surface area contributed by atoms with Crippen LogP contribution in [0.4, 0.5) is 30.2 Å². The Kier molecular flexibility index (Phi) is 9.09. The highest BCUT2D eigenvalue weighted by Crippen LogP contribution is 2.36. The van der Waals surface area contributed by atoms with Gasteiger partial charge in [-0.3, -0.25) is 13.8 Å². The zero-order chi connectivity index (χ0) is 31.6. The fourth-order valence-electron chi connectivity index (χ4n) is 4.09. The minimum Gasteiger partial charge on any atom is -0.325 e. The quantitative estimate of drug-likeness (QED) is 0.212. The number of hydrogen-bond acceptors (Lipinski definition) is 5. The van der Waals surface area contributed by atoms with Crippen molar-refractivity contribution in [2.75, 3.05) is 20.9 Å². The minimum absolute atomic E-state index is 0.00573. The van der Waals surface area contributed by atoms with Crippen molar-refractivity contribution < 1.29 is 34.8 Å². The van der Waals surface area contributed by atoms with Crippen LogP contribution >= 0.6 is 11.6 Å². The highest BCUT2D eigenvalue weighted by molar-refractivity contribution is 7.93. The van der Waals surface area contributed by atoms with Crippen LogP contribution in [0.3, 0.4) is 0 Å². The van der Waals surface area contributed by atoms with Crippen LogP contribution in [0, 0.1) is 13.8 Å². The first-order valence-corrected chi connectivity index (χ1v) is 15.8. The van der Waals surface area contributed by atoms with Crippen LogP contribution < -0.4 is 14.3 Å². The second kappa shape index (κ2) is 12.3. The topological polar surface area (TPSA) is 113 Å². The molecule has 14 heteroatoms. The molecule has 0 aromatic heterocycles. The van der Waals surface area contributed by atoms with Crippen molar-refractivity contribution in [2.24, 2.45) is 0 Å². The number of nitrogens with zero attached hydrogens (tertiary/aromatic N) is 1. The number of carbonyl (C=O) groups excluding carboxylic acids is 1. The summed E-state index contributed by atoms with van der Waals surface area (Å²) in [6, 6.07) is 20.2. The lowest BCUT2D eigenvalue weighted by molar-refractivity contribution is -0.137. The summed E-state index contributed by atoms with van der Waals surface area (Å²) >= 11 is 5.60. The van der Waals surface area contributed by atoms with Gasteiger partial charge in [0, 0.05) is 11.4 Å². The van der Waals surface area contributed by atoms with Crippen molar-refractivity contribution in [3.05, 3.63) is 113 Å². The Morgan fingerprint density at radius 3 is 2.07 bits per heavy atom. The number of amides is 1. The number of rotatable bonds is 9. The molecule has 0 saturated carbocycles. The smallest absolute Gasteiger partial charge is 0.325 e. The van der Waals surface area contributed by atoms with Gasteiger partial charge in [0.15, 0.2) is 0 Å². The van der Waals surface area contributed by atoms with E-state index >= 15 is 0 Å². The van der Waals surface area contributed by atoms with Gasteiger partial charge < -0.3 is 5.32 Å². The molecule has 0 aliphatic heterocycles. The van der Waals surface area contributed by atoms with Crippen LogP contribution in [-0.4, -0.2) is 29.3 Å². The highest BCUT2D eigenvalue weighted by Gasteiger charge is 2.34. The van der Waals surface area contributed by atoms with Crippen molar-refractivity contribution in [1.82, 2.24) is 0 Å². The number of hydrogen-bond donors (Lipinski definition) is 2. The Morgan fingerprint density at radius 1 is 0.814 bits per heavy atom. The Bertz CT molecular complexity index is 1870. The van der Waals surface area contributed by atoms with Crippen LogP contribution in [0.2, 0.25) is 5.02 Å². The number of nitrogens with one attached hydrogen (secondary N) is 2. The minimum atomic E-state index is -4.79. The molecule has 43 heavy (non-hydrogen) atoms. The summed E-state index contributed by atoms with van der Waals surface area (Å²) in [4.78, 5) is 12.8. The Balaban J connectivity index is 1.54. The van der Waals surface area contributed by atoms with E-state index in [1.54, 1.807) is 37.3 Å². The third-order valence-corrected chi connectivity index (χ3v) is 9.94. The zero-order valence-corrected chi connectivity index (χ0v) is 25.1. The molecule has 0 heterocycles. The molecule has 0 aliphatic rings. The number of sulfonamides is 2. The van der Waals surface area contributed by atoms with Crippen LogP contribution in [0.5, 0.6) is 0 Å². The maximum atomic E-state index is 13.6. The predicted octanol–water partition coefficient (Wildman–Crippen LogP) is 6.61. The molecule has 0 unspecified atom stereocenters. The highest BCUT2D eigenvalue weighted by atomic mass is 35.5. The molecule has 4 aromatic carbocycles. The van der Waals surface area contributed by atoms with Crippen molar-refractivity contribution in [3.8, 4) is 0 Å². The van der Waals surface area contributed by atoms with Crippen molar-refractivity contribution in [2.45, 2.75) is 29.8 Å². The average molecular weight is 652 g/mol. The first-order chi connectivity index (χ1) is 20.1. The lowest BCUT2D eigenvalue weighted by atomic mass is 10.1. The van der Waals surface area contributed by atoms with Crippen molar-refractivity contribution in [1.29, 1.82) is 0 Å².